The molecule has 0 saturated carbocycles. The second-order valence-corrected chi connectivity index (χ2v) is 4.68. The predicted octanol–water partition coefficient (Wildman–Crippen LogP) is -0.432. The fraction of sp³-hybridized carbons (Fsp3) is 0.222. The maximum absolute atomic E-state index is 11.7. The lowest BCUT2D eigenvalue weighted by atomic mass is 10.4. The van der Waals surface area contributed by atoms with Crippen LogP contribution in [0.4, 0.5) is 10.9 Å². The monoisotopic (exact) mass is 283 g/mol. The standard InChI is InChI=1S/C9H9N5O4S/c1-12(2)13-5-7(18-11-13)10-9(15)6-3-4-8(19-6)14(16)17/h3-5H,1-2H3. The Morgan fingerprint density at radius 1 is 1.58 bits per heavy atom. The van der Waals surface area contributed by atoms with Crippen molar-refractivity contribution in [1.29, 1.82) is 0 Å². The molecule has 19 heavy (non-hydrogen) atoms. The van der Waals surface area contributed by atoms with Gasteiger partial charge in [-0.3, -0.25) is 14.6 Å². The zero-order valence-corrected chi connectivity index (χ0v) is 10.8. The highest BCUT2D eigenvalue weighted by Gasteiger charge is 2.14. The summed E-state index contributed by atoms with van der Waals surface area (Å²) in [5.74, 6) is -0.588. The van der Waals surface area contributed by atoms with Crippen molar-refractivity contribution in [3.63, 3.8) is 0 Å². The van der Waals surface area contributed by atoms with E-state index in [0.717, 1.165) is 11.3 Å². The normalized spacial score (nSPS) is 11.6. The molecule has 0 aliphatic heterocycles. The van der Waals surface area contributed by atoms with E-state index >= 15 is 0 Å². The number of rotatable bonds is 4. The van der Waals surface area contributed by atoms with Crippen LogP contribution in [0.15, 0.2) is 27.8 Å². The van der Waals surface area contributed by atoms with Crippen LogP contribution in [0.25, 0.3) is 0 Å². The van der Waals surface area contributed by atoms with Crippen molar-refractivity contribution in [2.24, 2.45) is 4.99 Å². The maximum atomic E-state index is 11.7. The summed E-state index contributed by atoms with van der Waals surface area (Å²) in [7, 11) is 3.47. The third-order valence-electron chi connectivity index (χ3n) is 2.05. The first-order valence-corrected chi connectivity index (χ1v) is 5.85. The van der Waals surface area contributed by atoms with Gasteiger partial charge in [0.05, 0.1) is 23.8 Å². The smallest absolute Gasteiger partial charge is 0.324 e. The van der Waals surface area contributed by atoms with Crippen LogP contribution in [0.5, 0.6) is 0 Å². The summed E-state index contributed by atoms with van der Waals surface area (Å²) in [6.45, 7) is 0. The zero-order chi connectivity index (χ0) is 14.0. The molecular formula is C9H9N5O4S. The molecule has 0 aromatic carbocycles. The molecule has 0 unspecified atom stereocenters. The number of hydrogen-bond acceptors (Lipinski definition) is 8. The lowest BCUT2D eigenvalue weighted by molar-refractivity contribution is -0.753. The molecule has 0 N–H and O–H groups in total. The molecule has 2 heterocycles. The molecule has 0 amide bonds. The van der Waals surface area contributed by atoms with Gasteiger partial charge in [-0.25, -0.2) is 4.99 Å². The average molecular weight is 283 g/mol. The molecule has 0 fully saturated rings. The summed E-state index contributed by atoms with van der Waals surface area (Å²) in [5, 5.41) is 27.4. The van der Waals surface area contributed by atoms with E-state index in [1.54, 1.807) is 19.1 Å². The topological polar surface area (TPSA) is 112 Å². The van der Waals surface area contributed by atoms with Crippen molar-refractivity contribution >= 4 is 28.1 Å². The second-order valence-electron chi connectivity index (χ2n) is 3.62. The Bertz CT molecular complexity index is 632. The molecule has 0 bridgehead atoms. The summed E-state index contributed by atoms with van der Waals surface area (Å²) in [6, 6.07) is 2.61. The molecule has 0 radical (unpaired) electrons. The van der Waals surface area contributed by atoms with E-state index in [1.165, 1.54) is 23.1 Å². The summed E-state index contributed by atoms with van der Waals surface area (Å²) in [6.07, 6.45) is 1.42. The summed E-state index contributed by atoms with van der Waals surface area (Å²) in [5.41, 5.74) is 0. The molecule has 0 atom stereocenters. The van der Waals surface area contributed by atoms with Gasteiger partial charge in [-0.05, 0) is 6.07 Å². The van der Waals surface area contributed by atoms with Crippen molar-refractivity contribution in [3.05, 3.63) is 33.3 Å². The highest BCUT2D eigenvalue weighted by Crippen LogP contribution is 2.24. The van der Waals surface area contributed by atoms with Crippen LogP contribution in [-0.2, 0) is 0 Å². The van der Waals surface area contributed by atoms with Gasteiger partial charge in [-0.1, -0.05) is 11.3 Å². The first kappa shape index (κ1) is 13.0. The van der Waals surface area contributed by atoms with Gasteiger partial charge in [-0.2, -0.15) is 5.01 Å². The first-order valence-electron chi connectivity index (χ1n) is 5.04. The van der Waals surface area contributed by atoms with Gasteiger partial charge in [0.25, 0.3) is 6.20 Å². The van der Waals surface area contributed by atoms with Crippen molar-refractivity contribution in [2.45, 2.75) is 0 Å². The van der Waals surface area contributed by atoms with Crippen molar-refractivity contribution < 1.29 is 19.3 Å². The Hall–Kier alpha value is -2.49. The minimum absolute atomic E-state index is 0.0229. The Morgan fingerprint density at radius 2 is 2.32 bits per heavy atom. The van der Waals surface area contributed by atoms with Crippen LogP contribution in [0.1, 0.15) is 4.88 Å². The van der Waals surface area contributed by atoms with Crippen molar-refractivity contribution in [1.82, 2.24) is 5.27 Å². The number of thiophene rings is 1. The highest BCUT2D eigenvalue weighted by molar-refractivity contribution is 7.17. The molecule has 100 valence electrons. The van der Waals surface area contributed by atoms with Gasteiger partial charge in [-0.15, -0.1) is 0 Å². The molecule has 2 aromatic rings. The third kappa shape index (κ3) is 2.85. The SMILES string of the molecule is CN(C)[n+]1cc(/N=C(\[O-])c2ccc([N+](=O)[O-])s2)on1. The molecule has 2 rings (SSSR count). The molecule has 0 saturated heterocycles. The van der Waals surface area contributed by atoms with E-state index in [0.29, 0.717) is 0 Å². The lowest BCUT2D eigenvalue weighted by Gasteiger charge is -2.03. The average Bonchev–Trinajstić information content (AvgIpc) is 2.96. The van der Waals surface area contributed by atoms with Crippen molar-refractivity contribution in [3.8, 4) is 0 Å². The van der Waals surface area contributed by atoms with E-state index in [-0.39, 0.29) is 15.8 Å². The Kier molecular flexibility index (Phi) is 3.42. The third-order valence-corrected chi connectivity index (χ3v) is 3.07. The Balaban J connectivity index is 2.23. The second kappa shape index (κ2) is 5.02. The van der Waals surface area contributed by atoms with Crippen LogP contribution < -0.4 is 14.9 Å². The van der Waals surface area contributed by atoms with E-state index < -0.39 is 10.8 Å². The van der Waals surface area contributed by atoms with Crippen LogP contribution in [-0.4, -0.2) is 30.2 Å². The molecule has 2 aromatic heterocycles. The van der Waals surface area contributed by atoms with Gasteiger partial charge in [0, 0.05) is 16.8 Å². The molecule has 0 aliphatic carbocycles. The van der Waals surface area contributed by atoms with E-state index in [9.17, 15) is 15.2 Å². The largest absolute Gasteiger partial charge is 0.858 e. The van der Waals surface area contributed by atoms with Gasteiger partial charge in [0.15, 0.2) is 0 Å². The molecule has 0 aliphatic rings. The van der Waals surface area contributed by atoms with Gasteiger partial charge in [0.1, 0.15) is 0 Å². The van der Waals surface area contributed by atoms with E-state index in [2.05, 4.69) is 10.3 Å². The van der Waals surface area contributed by atoms with Crippen molar-refractivity contribution in [2.75, 3.05) is 19.1 Å². The van der Waals surface area contributed by atoms with Crippen LogP contribution in [0.3, 0.4) is 0 Å². The number of nitrogens with zero attached hydrogens (tertiary/aromatic N) is 5. The number of aromatic nitrogens is 2. The fourth-order valence-electron chi connectivity index (χ4n) is 1.16. The fourth-order valence-corrected chi connectivity index (χ4v) is 1.87. The molecular weight excluding hydrogens is 274 g/mol. The predicted molar refractivity (Wildman–Crippen MR) is 63.9 cm³/mol. The Morgan fingerprint density at radius 3 is 2.84 bits per heavy atom. The van der Waals surface area contributed by atoms with E-state index in [1.807, 2.05) is 0 Å². The number of hydrogen-bond donors (Lipinski definition) is 0. The minimum atomic E-state index is -0.611. The van der Waals surface area contributed by atoms with Gasteiger partial charge < -0.3 is 5.11 Å². The lowest BCUT2D eigenvalue weighted by Crippen LogP contribution is -2.53. The Labute approximate surface area is 111 Å². The quantitative estimate of drug-likeness (QED) is 0.247. The highest BCUT2D eigenvalue weighted by atomic mass is 32.1. The number of aliphatic imine (C=N–C) groups is 1. The van der Waals surface area contributed by atoms with E-state index in [4.69, 9.17) is 4.52 Å². The summed E-state index contributed by atoms with van der Waals surface area (Å²) >= 11 is 0.760. The molecule has 0 spiro atoms. The van der Waals surface area contributed by atoms with Gasteiger partial charge in [0.2, 0.25) is 5.27 Å². The summed E-state index contributed by atoms with van der Waals surface area (Å²) in [4.78, 5) is 15.1. The van der Waals surface area contributed by atoms with Crippen LogP contribution in [0, 0.1) is 10.1 Å². The van der Waals surface area contributed by atoms with Crippen LogP contribution in [0.2, 0.25) is 0 Å². The zero-order valence-electron chi connectivity index (χ0n) is 10.0. The first-order chi connectivity index (χ1) is 8.97. The minimum Gasteiger partial charge on any atom is -0.858 e. The molecule has 10 heteroatoms. The molecule has 9 nitrogen and oxygen atoms in total. The maximum Gasteiger partial charge on any atom is 0.324 e. The van der Waals surface area contributed by atoms with Crippen LogP contribution >= 0.6 is 11.3 Å². The summed E-state index contributed by atoms with van der Waals surface area (Å²) < 4.78 is 4.83. The number of nitro groups is 1. The van der Waals surface area contributed by atoms with Gasteiger partial charge >= 0.3 is 10.9 Å².